The van der Waals surface area contributed by atoms with E-state index in [9.17, 15) is 9.59 Å². The van der Waals surface area contributed by atoms with Crippen molar-refractivity contribution in [2.75, 3.05) is 7.11 Å². The Kier molecular flexibility index (Phi) is 5.12. The molecule has 0 bridgehead atoms. The second-order valence-electron chi connectivity index (χ2n) is 6.94. The van der Waals surface area contributed by atoms with Gasteiger partial charge in [-0.3, -0.25) is 4.79 Å². The van der Waals surface area contributed by atoms with E-state index in [1.807, 2.05) is 0 Å². The summed E-state index contributed by atoms with van der Waals surface area (Å²) in [5.74, 6) is 0.111. The van der Waals surface area contributed by atoms with Gasteiger partial charge >= 0.3 is 5.97 Å². The molecule has 1 aromatic carbocycles. The van der Waals surface area contributed by atoms with E-state index in [2.05, 4.69) is 31.3 Å². The van der Waals surface area contributed by atoms with Crippen LogP contribution in [0.1, 0.15) is 61.8 Å². The standard InChI is InChI=1S/C19H27NO3/c1-6-13-10-15(14-7-8-14)9-12(2)16(13)11-17(21)20-19(3,4)18(22)23-5/h9-10,14H,6-8,11H2,1-5H3,(H,20,21). The molecule has 4 heteroatoms. The first-order valence-corrected chi connectivity index (χ1v) is 8.30. The fraction of sp³-hybridized carbons (Fsp3) is 0.579. The maximum absolute atomic E-state index is 12.4. The molecular weight excluding hydrogens is 290 g/mol. The van der Waals surface area contributed by atoms with Gasteiger partial charge in [-0.25, -0.2) is 4.79 Å². The quantitative estimate of drug-likeness (QED) is 0.821. The van der Waals surface area contributed by atoms with Crippen molar-refractivity contribution in [2.45, 2.75) is 64.8 Å². The van der Waals surface area contributed by atoms with E-state index in [-0.39, 0.29) is 5.91 Å². The molecule has 0 unspecified atom stereocenters. The van der Waals surface area contributed by atoms with Crippen LogP contribution in [-0.2, 0) is 27.2 Å². The van der Waals surface area contributed by atoms with Crippen LogP contribution in [0.5, 0.6) is 0 Å². The average molecular weight is 317 g/mol. The molecule has 1 aliphatic carbocycles. The average Bonchev–Trinajstić information content (AvgIpc) is 3.32. The Hall–Kier alpha value is -1.84. The number of methoxy groups -OCH3 is 1. The highest BCUT2D eigenvalue weighted by molar-refractivity contribution is 5.88. The number of carbonyl (C=O) groups is 2. The van der Waals surface area contributed by atoms with Crippen LogP contribution in [0.25, 0.3) is 0 Å². The highest BCUT2D eigenvalue weighted by atomic mass is 16.5. The summed E-state index contributed by atoms with van der Waals surface area (Å²) in [6.45, 7) is 7.49. The number of rotatable bonds is 6. The summed E-state index contributed by atoms with van der Waals surface area (Å²) in [5, 5.41) is 2.77. The molecule has 23 heavy (non-hydrogen) atoms. The van der Waals surface area contributed by atoms with Crippen LogP contribution in [0.4, 0.5) is 0 Å². The van der Waals surface area contributed by atoms with Crippen molar-refractivity contribution in [1.29, 1.82) is 0 Å². The highest BCUT2D eigenvalue weighted by Gasteiger charge is 2.31. The van der Waals surface area contributed by atoms with Crippen molar-refractivity contribution in [3.63, 3.8) is 0 Å². The summed E-state index contributed by atoms with van der Waals surface area (Å²) in [6.07, 6.45) is 3.75. The van der Waals surface area contributed by atoms with Crippen molar-refractivity contribution < 1.29 is 14.3 Å². The van der Waals surface area contributed by atoms with Crippen molar-refractivity contribution in [3.05, 3.63) is 34.4 Å². The zero-order valence-corrected chi connectivity index (χ0v) is 14.8. The molecule has 126 valence electrons. The molecular formula is C19H27NO3. The summed E-state index contributed by atoms with van der Waals surface area (Å²) >= 11 is 0. The molecule has 4 nitrogen and oxygen atoms in total. The molecule has 0 spiro atoms. The predicted octanol–water partition coefficient (Wildman–Crippen LogP) is 3.05. The lowest BCUT2D eigenvalue weighted by molar-refractivity contribution is -0.149. The van der Waals surface area contributed by atoms with Gasteiger partial charge in [0.25, 0.3) is 0 Å². The molecule has 0 aromatic heterocycles. The number of hydrogen-bond donors (Lipinski definition) is 1. The molecule has 1 fully saturated rings. The zero-order valence-electron chi connectivity index (χ0n) is 14.8. The third-order valence-electron chi connectivity index (χ3n) is 4.50. The van der Waals surface area contributed by atoms with Gasteiger partial charge in [-0.05, 0) is 68.2 Å². The van der Waals surface area contributed by atoms with E-state index in [0.717, 1.165) is 17.5 Å². The van der Waals surface area contributed by atoms with E-state index < -0.39 is 11.5 Å². The van der Waals surface area contributed by atoms with Crippen molar-refractivity contribution >= 4 is 11.9 Å². The Balaban J connectivity index is 2.16. The SMILES string of the molecule is CCc1cc(C2CC2)cc(C)c1CC(=O)NC(C)(C)C(=O)OC. The highest BCUT2D eigenvalue weighted by Crippen LogP contribution is 2.41. The topological polar surface area (TPSA) is 55.4 Å². The van der Waals surface area contributed by atoms with Gasteiger partial charge in [-0.1, -0.05) is 19.1 Å². The number of carbonyl (C=O) groups excluding carboxylic acids is 2. The summed E-state index contributed by atoms with van der Waals surface area (Å²) in [6, 6.07) is 4.46. The van der Waals surface area contributed by atoms with Crippen LogP contribution in [0.3, 0.4) is 0 Å². The van der Waals surface area contributed by atoms with Crippen LogP contribution in [-0.4, -0.2) is 24.5 Å². The lowest BCUT2D eigenvalue weighted by atomic mass is 9.92. The summed E-state index contributed by atoms with van der Waals surface area (Å²) < 4.78 is 4.73. The van der Waals surface area contributed by atoms with Gasteiger partial charge < -0.3 is 10.1 Å². The normalized spacial score (nSPS) is 14.5. The predicted molar refractivity (Wildman–Crippen MR) is 90.5 cm³/mol. The van der Waals surface area contributed by atoms with Crippen LogP contribution in [0.2, 0.25) is 0 Å². The number of benzene rings is 1. The van der Waals surface area contributed by atoms with Gasteiger partial charge in [0.1, 0.15) is 5.54 Å². The van der Waals surface area contributed by atoms with Crippen molar-refractivity contribution in [3.8, 4) is 0 Å². The molecule has 1 N–H and O–H groups in total. The summed E-state index contributed by atoms with van der Waals surface area (Å²) in [7, 11) is 1.33. The first-order chi connectivity index (χ1) is 10.8. The van der Waals surface area contributed by atoms with Gasteiger partial charge in [0.15, 0.2) is 0 Å². The maximum Gasteiger partial charge on any atom is 0.330 e. The molecule has 1 aliphatic rings. The Morgan fingerprint density at radius 3 is 2.48 bits per heavy atom. The number of nitrogens with one attached hydrogen (secondary N) is 1. The van der Waals surface area contributed by atoms with Crippen LogP contribution < -0.4 is 5.32 Å². The zero-order chi connectivity index (χ0) is 17.2. The first-order valence-electron chi connectivity index (χ1n) is 8.30. The molecule has 1 amide bonds. The number of amides is 1. The Morgan fingerprint density at radius 1 is 1.30 bits per heavy atom. The largest absolute Gasteiger partial charge is 0.467 e. The third-order valence-corrected chi connectivity index (χ3v) is 4.50. The molecule has 2 rings (SSSR count). The van der Waals surface area contributed by atoms with Gasteiger partial charge in [0.05, 0.1) is 13.5 Å². The second-order valence-corrected chi connectivity index (χ2v) is 6.94. The molecule has 1 saturated carbocycles. The number of aryl methyl sites for hydroxylation is 2. The second kappa shape index (κ2) is 6.73. The van der Waals surface area contributed by atoms with Crippen LogP contribution in [0, 0.1) is 6.92 Å². The smallest absolute Gasteiger partial charge is 0.330 e. The number of ether oxygens (including phenoxy) is 1. The number of hydrogen-bond acceptors (Lipinski definition) is 3. The minimum absolute atomic E-state index is 0.155. The van der Waals surface area contributed by atoms with Crippen molar-refractivity contribution in [1.82, 2.24) is 5.32 Å². The fourth-order valence-electron chi connectivity index (χ4n) is 3.00. The van der Waals surface area contributed by atoms with Crippen LogP contribution >= 0.6 is 0 Å². The Labute approximate surface area is 138 Å². The molecule has 0 atom stereocenters. The van der Waals surface area contributed by atoms with Gasteiger partial charge in [-0.15, -0.1) is 0 Å². The summed E-state index contributed by atoms with van der Waals surface area (Å²) in [5.41, 5.74) is 3.86. The van der Waals surface area contributed by atoms with Gasteiger partial charge in [0.2, 0.25) is 5.91 Å². The summed E-state index contributed by atoms with van der Waals surface area (Å²) in [4.78, 5) is 24.1. The van der Waals surface area contributed by atoms with E-state index in [4.69, 9.17) is 4.74 Å². The van der Waals surface area contributed by atoms with E-state index in [1.165, 1.54) is 31.1 Å². The molecule has 0 heterocycles. The fourth-order valence-corrected chi connectivity index (χ4v) is 3.00. The molecule has 0 aliphatic heterocycles. The number of esters is 1. The first kappa shape index (κ1) is 17.5. The third kappa shape index (κ3) is 4.12. The molecule has 1 aromatic rings. The minimum Gasteiger partial charge on any atom is -0.467 e. The van der Waals surface area contributed by atoms with Crippen molar-refractivity contribution in [2.24, 2.45) is 0 Å². The lowest BCUT2D eigenvalue weighted by Gasteiger charge is -2.24. The lowest BCUT2D eigenvalue weighted by Crippen LogP contribution is -2.50. The minimum atomic E-state index is -1.01. The molecule has 0 radical (unpaired) electrons. The monoisotopic (exact) mass is 317 g/mol. The van der Waals surface area contributed by atoms with E-state index in [0.29, 0.717) is 12.3 Å². The Bertz CT molecular complexity index is 615. The van der Waals surface area contributed by atoms with E-state index >= 15 is 0 Å². The maximum atomic E-state index is 12.4. The van der Waals surface area contributed by atoms with Crippen LogP contribution in [0.15, 0.2) is 12.1 Å². The Morgan fingerprint density at radius 2 is 1.96 bits per heavy atom. The van der Waals surface area contributed by atoms with Gasteiger partial charge in [-0.2, -0.15) is 0 Å². The van der Waals surface area contributed by atoms with E-state index in [1.54, 1.807) is 13.8 Å². The molecule has 0 saturated heterocycles. The van der Waals surface area contributed by atoms with Gasteiger partial charge in [0, 0.05) is 0 Å².